The van der Waals surface area contributed by atoms with Gasteiger partial charge in [0.15, 0.2) is 23.2 Å². The van der Waals surface area contributed by atoms with E-state index in [1.165, 1.54) is 17.2 Å². The van der Waals surface area contributed by atoms with Crippen LogP contribution in [0.4, 0.5) is 22.2 Å². The Morgan fingerprint density at radius 2 is 2.10 bits per heavy atom. The Balaban J connectivity index is 1.46. The van der Waals surface area contributed by atoms with E-state index in [0.717, 1.165) is 18.7 Å². The summed E-state index contributed by atoms with van der Waals surface area (Å²) in [6.07, 6.45) is 3.82. The number of rotatable bonds is 3. The van der Waals surface area contributed by atoms with Crippen molar-refractivity contribution < 1.29 is 19.1 Å². The zero-order chi connectivity index (χ0) is 20.8. The highest BCUT2D eigenvalue weighted by Crippen LogP contribution is 2.39. The second-order valence-electron chi connectivity index (χ2n) is 7.04. The van der Waals surface area contributed by atoms with Gasteiger partial charge in [0.2, 0.25) is 5.95 Å². The normalized spacial score (nSPS) is 17.0. The predicted octanol–water partition coefficient (Wildman–Crippen LogP) is 2.16. The first kappa shape index (κ1) is 18.0. The van der Waals surface area contributed by atoms with Crippen LogP contribution in [0.2, 0.25) is 0 Å². The molecule has 1 fully saturated rings. The van der Waals surface area contributed by atoms with Crippen molar-refractivity contribution in [2.45, 2.75) is 19.4 Å². The molecular weight excluding hydrogens is 390 g/mol. The summed E-state index contributed by atoms with van der Waals surface area (Å²) in [6, 6.07) is 4.21. The molecule has 5 heterocycles. The third kappa shape index (κ3) is 3.00. The SMILES string of the molecule is Cc1ncc(-c2ccnc(NC(=O)N3c4nc(C(=O)O)ccc4N4CC[C@H]3C4)n2)o1. The summed E-state index contributed by atoms with van der Waals surface area (Å²) in [5, 5.41) is 12.0. The van der Waals surface area contributed by atoms with Crippen LogP contribution in [-0.2, 0) is 0 Å². The topological polar surface area (TPSA) is 138 Å². The quantitative estimate of drug-likeness (QED) is 0.669. The summed E-state index contributed by atoms with van der Waals surface area (Å²) in [4.78, 5) is 44.8. The highest BCUT2D eigenvalue weighted by molar-refractivity contribution is 6.04. The first-order valence-corrected chi connectivity index (χ1v) is 9.35. The van der Waals surface area contributed by atoms with Crippen molar-refractivity contribution in [2.24, 2.45) is 0 Å². The number of carboxylic acid groups (broad SMARTS) is 1. The molecule has 3 aromatic heterocycles. The molecule has 2 aliphatic rings. The van der Waals surface area contributed by atoms with Crippen LogP contribution in [0.1, 0.15) is 22.8 Å². The molecule has 2 N–H and O–H groups in total. The average Bonchev–Trinajstić information content (AvgIpc) is 3.35. The van der Waals surface area contributed by atoms with Crippen LogP contribution in [0.15, 0.2) is 35.0 Å². The van der Waals surface area contributed by atoms with Crippen molar-refractivity contribution in [3.05, 3.63) is 42.2 Å². The van der Waals surface area contributed by atoms with E-state index in [1.807, 2.05) is 0 Å². The summed E-state index contributed by atoms with van der Waals surface area (Å²) in [5.41, 5.74) is 1.10. The van der Waals surface area contributed by atoms with Gasteiger partial charge in [0, 0.05) is 26.2 Å². The van der Waals surface area contributed by atoms with Crippen molar-refractivity contribution in [3.8, 4) is 11.5 Å². The van der Waals surface area contributed by atoms with Crippen LogP contribution in [0, 0.1) is 6.92 Å². The van der Waals surface area contributed by atoms with Gasteiger partial charge >= 0.3 is 12.0 Å². The maximum atomic E-state index is 13.1. The number of anilines is 3. The summed E-state index contributed by atoms with van der Waals surface area (Å²) < 4.78 is 5.47. The van der Waals surface area contributed by atoms with Crippen LogP contribution in [-0.4, -0.2) is 56.2 Å². The van der Waals surface area contributed by atoms with Gasteiger partial charge in [-0.05, 0) is 24.6 Å². The molecule has 2 bridgehead atoms. The molecule has 0 aliphatic carbocycles. The third-order valence-electron chi connectivity index (χ3n) is 5.14. The number of carbonyl (C=O) groups is 2. The number of hydrogen-bond donors (Lipinski definition) is 2. The molecular formula is C19H17N7O4. The lowest BCUT2D eigenvalue weighted by Crippen LogP contribution is -2.48. The van der Waals surface area contributed by atoms with Crippen LogP contribution in [0.5, 0.6) is 0 Å². The van der Waals surface area contributed by atoms with Gasteiger partial charge in [-0.3, -0.25) is 10.2 Å². The second-order valence-corrected chi connectivity index (χ2v) is 7.04. The maximum Gasteiger partial charge on any atom is 0.354 e. The molecule has 30 heavy (non-hydrogen) atoms. The fraction of sp³-hybridized carbons (Fsp3) is 0.263. The molecule has 3 aromatic rings. The van der Waals surface area contributed by atoms with Gasteiger partial charge in [0.25, 0.3) is 0 Å². The lowest BCUT2D eigenvalue weighted by atomic mass is 10.2. The maximum absolute atomic E-state index is 13.1. The van der Waals surface area contributed by atoms with E-state index in [1.54, 1.807) is 25.3 Å². The van der Waals surface area contributed by atoms with Gasteiger partial charge in [0.05, 0.1) is 17.9 Å². The molecule has 5 rings (SSSR count). The molecule has 0 unspecified atom stereocenters. The lowest BCUT2D eigenvalue weighted by Gasteiger charge is -2.35. The van der Waals surface area contributed by atoms with E-state index in [2.05, 4.69) is 30.2 Å². The van der Waals surface area contributed by atoms with Gasteiger partial charge in [-0.25, -0.2) is 29.5 Å². The van der Waals surface area contributed by atoms with Gasteiger partial charge in [-0.1, -0.05) is 0 Å². The molecule has 1 atom stereocenters. The van der Waals surface area contributed by atoms with Crippen molar-refractivity contribution in [1.29, 1.82) is 0 Å². The fourth-order valence-corrected chi connectivity index (χ4v) is 3.78. The number of nitrogens with one attached hydrogen (secondary N) is 1. The minimum absolute atomic E-state index is 0.0999. The fourth-order valence-electron chi connectivity index (χ4n) is 3.78. The Morgan fingerprint density at radius 1 is 1.23 bits per heavy atom. The number of aromatic nitrogens is 4. The molecule has 0 spiro atoms. The molecule has 11 nitrogen and oxygen atoms in total. The summed E-state index contributed by atoms with van der Waals surface area (Å²) in [5.74, 6) is 0.244. The number of pyridine rings is 1. The van der Waals surface area contributed by atoms with Crippen molar-refractivity contribution >= 4 is 29.5 Å². The van der Waals surface area contributed by atoms with Crippen molar-refractivity contribution in [1.82, 2.24) is 19.9 Å². The lowest BCUT2D eigenvalue weighted by molar-refractivity contribution is 0.0690. The zero-order valence-corrected chi connectivity index (χ0v) is 15.9. The summed E-state index contributed by atoms with van der Waals surface area (Å²) >= 11 is 0. The monoisotopic (exact) mass is 407 g/mol. The number of nitrogens with zero attached hydrogens (tertiary/aromatic N) is 6. The highest BCUT2D eigenvalue weighted by Gasteiger charge is 2.40. The number of urea groups is 1. The summed E-state index contributed by atoms with van der Waals surface area (Å²) in [7, 11) is 0. The first-order valence-electron chi connectivity index (χ1n) is 9.35. The Labute approximate surface area is 170 Å². The van der Waals surface area contributed by atoms with E-state index in [9.17, 15) is 14.7 Å². The highest BCUT2D eigenvalue weighted by atomic mass is 16.4. The van der Waals surface area contributed by atoms with Gasteiger partial charge < -0.3 is 14.4 Å². The van der Waals surface area contributed by atoms with Crippen LogP contribution < -0.4 is 15.1 Å². The summed E-state index contributed by atoms with van der Waals surface area (Å²) in [6.45, 7) is 3.16. The van der Waals surface area contributed by atoms with Crippen molar-refractivity contribution in [2.75, 3.05) is 28.2 Å². The minimum atomic E-state index is -1.15. The standard InChI is InChI=1S/C19H17N7O4/c1-10-21-8-15(30-10)12-4-6-20-18(23-12)24-19(29)26-11-5-7-25(9-11)14-3-2-13(17(27)28)22-16(14)26/h2-4,6,8,11H,5,7,9H2,1H3,(H,27,28)(H,20,23,24,29)/t11-/m0/s1. The number of amides is 2. The van der Waals surface area contributed by atoms with E-state index in [0.29, 0.717) is 29.7 Å². The molecule has 0 saturated carbocycles. The molecule has 11 heteroatoms. The molecule has 2 amide bonds. The third-order valence-corrected chi connectivity index (χ3v) is 5.14. The Kier molecular flexibility index (Phi) is 4.09. The van der Waals surface area contributed by atoms with Crippen LogP contribution in [0.3, 0.4) is 0 Å². The second kappa shape index (κ2) is 6.79. The number of carboxylic acids is 1. The average molecular weight is 407 g/mol. The van der Waals surface area contributed by atoms with Gasteiger partial charge in [0.1, 0.15) is 5.69 Å². The molecule has 0 radical (unpaired) electrons. The minimum Gasteiger partial charge on any atom is -0.477 e. The van der Waals surface area contributed by atoms with Gasteiger partial charge in [-0.15, -0.1) is 0 Å². The number of fused-ring (bicyclic) bond motifs is 4. The smallest absolute Gasteiger partial charge is 0.354 e. The largest absolute Gasteiger partial charge is 0.477 e. The molecule has 0 aromatic carbocycles. The number of hydrogen-bond acceptors (Lipinski definition) is 8. The van der Waals surface area contributed by atoms with E-state index in [4.69, 9.17) is 4.42 Å². The van der Waals surface area contributed by atoms with Crippen LogP contribution >= 0.6 is 0 Å². The Morgan fingerprint density at radius 3 is 2.87 bits per heavy atom. The van der Waals surface area contributed by atoms with Gasteiger partial charge in [-0.2, -0.15) is 0 Å². The van der Waals surface area contributed by atoms with E-state index in [-0.39, 0.29) is 17.7 Å². The molecule has 152 valence electrons. The number of aryl methyl sites for hydroxylation is 1. The molecule has 1 saturated heterocycles. The molecule has 2 aliphatic heterocycles. The number of oxazole rings is 1. The Bertz CT molecular complexity index is 1160. The van der Waals surface area contributed by atoms with Crippen LogP contribution in [0.25, 0.3) is 11.5 Å². The van der Waals surface area contributed by atoms with E-state index >= 15 is 0 Å². The predicted molar refractivity (Wildman–Crippen MR) is 106 cm³/mol. The van der Waals surface area contributed by atoms with Crippen molar-refractivity contribution in [3.63, 3.8) is 0 Å². The Hall–Kier alpha value is -4.02. The van der Waals surface area contributed by atoms with E-state index < -0.39 is 12.0 Å². The first-order chi connectivity index (χ1) is 14.5. The zero-order valence-electron chi connectivity index (χ0n) is 15.9. The number of carbonyl (C=O) groups excluding carboxylic acids is 1. The number of aromatic carboxylic acids is 1.